The lowest BCUT2D eigenvalue weighted by Gasteiger charge is -2.28. The molecule has 1 atom stereocenters. The van der Waals surface area contributed by atoms with Crippen LogP contribution in [0.4, 0.5) is 0 Å². The third-order valence-corrected chi connectivity index (χ3v) is 7.42. The molecule has 1 aromatic carbocycles. The zero-order valence-electron chi connectivity index (χ0n) is 13.6. The highest BCUT2D eigenvalue weighted by Gasteiger charge is 2.41. The first kappa shape index (κ1) is 16.8. The molecule has 126 valence electrons. The molecule has 0 radical (unpaired) electrons. The molecule has 0 bridgehead atoms. The molecule has 1 aliphatic carbocycles. The molecule has 1 aliphatic heterocycles. The number of amides is 1. The number of aryl methyl sites for hydroxylation is 2. The maximum atomic E-state index is 12.7. The van der Waals surface area contributed by atoms with Gasteiger partial charge in [-0.25, -0.2) is 8.42 Å². The fourth-order valence-corrected chi connectivity index (χ4v) is 5.82. The first-order chi connectivity index (χ1) is 10.9. The molecule has 1 heterocycles. The lowest BCUT2D eigenvalue weighted by molar-refractivity contribution is -0.130. The number of nitrogens with zero attached hydrogens (tertiary/aromatic N) is 1. The van der Waals surface area contributed by atoms with Crippen LogP contribution in [0.5, 0.6) is 0 Å². The largest absolute Gasteiger partial charge is 0.335 e. The second-order valence-electron chi connectivity index (χ2n) is 6.65. The van der Waals surface area contributed by atoms with Gasteiger partial charge in [0.2, 0.25) is 5.91 Å². The predicted octanol–water partition coefficient (Wildman–Crippen LogP) is 2.57. The molecule has 2 fully saturated rings. The third kappa shape index (κ3) is 4.10. The molecular formula is C17H23NO3S2. The Kier molecular flexibility index (Phi) is 4.74. The smallest absolute Gasteiger partial charge is 0.233 e. The normalized spacial score (nSPS) is 23.0. The molecule has 0 N–H and O–H groups in total. The number of hydrogen-bond donors (Lipinski definition) is 0. The zero-order valence-corrected chi connectivity index (χ0v) is 15.3. The molecule has 1 saturated heterocycles. The molecule has 6 heteroatoms. The fourth-order valence-electron chi connectivity index (χ4n) is 3.23. The van der Waals surface area contributed by atoms with Crippen molar-refractivity contribution >= 4 is 27.5 Å². The van der Waals surface area contributed by atoms with Crippen LogP contribution < -0.4 is 0 Å². The standard InChI is InChI=1S/C17H23NO3S2/c1-12-3-6-16(13(2)9-12)22-10-17(19)18(14-4-5-14)15-7-8-23(20,21)11-15/h3,6,9,14-15H,4-5,7-8,10-11H2,1-2H3/t15-/m0/s1. The van der Waals surface area contributed by atoms with Gasteiger partial charge in [-0.15, -0.1) is 11.8 Å². The minimum atomic E-state index is -2.96. The minimum absolute atomic E-state index is 0.0829. The van der Waals surface area contributed by atoms with Crippen molar-refractivity contribution in [2.45, 2.75) is 50.1 Å². The van der Waals surface area contributed by atoms with Gasteiger partial charge in [0.15, 0.2) is 9.84 Å². The van der Waals surface area contributed by atoms with E-state index in [1.807, 2.05) is 4.90 Å². The minimum Gasteiger partial charge on any atom is -0.335 e. The molecule has 23 heavy (non-hydrogen) atoms. The molecule has 2 aliphatic rings. The van der Waals surface area contributed by atoms with Gasteiger partial charge in [0, 0.05) is 17.0 Å². The maximum Gasteiger partial charge on any atom is 0.233 e. The van der Waals surface area contributed by atoms with E-state index in [1.54, 1.807) is 11.8 Å². The molecule has 3 rings (SSSR count). The van der Waals surface area contributed by atoms with Crippen LogP contribution >= 0.6 is 11.8 Å². The van der Waals surface area contributed by atoms with Crippen molar-refractivity contribution in [2.75, 3.05) is 17.3 Å². The van der Waals surface area contributed by atoms with Crippen molar-refractivity contribution in [3.63, 3.8) is 0 Å². The van der Waals surface area contributed by atoms with Gasteiger partial charge in [-0.05, 0) is 44.7 Å². The van der Waals surface area contributed by atoms with E-state index in [2.05, 4.69) is 32.0 Å². The van der Waals surface area contributed by atoms with Crippen molar-refractivity contribution in [1.82, 2.24) is 4.90 Å². The topological polar surface area (TPSA) is 54.5 Å². The van der Waals surface area contributed by atoms with Crippen LogP contribution in [-0.4, -0.2) is 48.6 Å². The molecule has 1 saturated carbocycles. The Morgan fingerprint density at radius 2 is 1.96 bits per heavy atom. The summed E-state index contributed by atoms with van der Waals surface area (Å²) >= 11 is 1.56. The first-order valence-electron chi connectivity index (χ1n) is 8.07. The van der Waals surface area contributed by atoms with Crippen molar-refractivity contribution < 1.29 is 13.2 Å². The summed E-state index contributed by atoms with van der Waals surface area (Å²) in [5.74, 6) is 0.832. The quantitative estimate of drug-likeness (QED) is 0.764. The number of hydrogen-bond acceptors (Lipinski definition) is 4. The van der Waals surface area contributed by atoms with E-state index in [0.29, 0.717) is 12.2 Å². The van der Waals surface area contributed by atoms with E-state index >= 15 is 0 Å². The highest BCUT2D eigenvalue weighted by atomic mass is 32.2. The molecule has 4 nitrogen and oxygen atoms in total. The van der Waals surface area contributed by atoms with Crippen LogP contribution in [0, 0.1) is 13.8 Å². The second-order valence-corrected chi connectivity index (χ2v) is 9.89. The Morgan fingerprint density at radius 3 is 2.52 bits per heavy atom. The molecule has 0 spiro atoms. The van der Waals surface area contributed by atoms with Crippen LogP contribution in [0.3, 0.4) is 0 Å². The van der Waals surface area contributed by atoms with E-state index in [0.717, 1.165) is 17.7 Å². The van der Waals surface area contributed by atoms with Crippen molar-refractivity contribution in [1.29, 1.82) is 0 Å². The maximum absolute atomic E-state index is 12.7. The third-order valence-electron chi connectivity index (χ3n) is 4.51. The van der Waals surface area contributed by atoms with Gasteiger partial charge in [0.1, 0.15) is 0 Å². The Balaban J connectivity index is 1.65. The number of rotatable bonds is 5. The van der Waals surface area contributed by atoms with Crippen LogP contribution in [-0.2, 0) is 14.6 Å². The lowest BCUT2D eigenvalue weighted by Crippen LogP contribution is -2.43. The number of benzene rings is 1. The van der Waals surface area contributed by atoms with Gasteiger partial charge in [-0.2, -0.15) is 0 Å². The highest BCUT2D eigenvalue weighted by Crippen LogP contribution is 2.33. The highest BCUT2D eigenvalue weighted by molar-refractivity contribution is 8.00. The van der Waals surface area contributed by atoms with Crippen molar-refractivity contribution in [3.8, 4) is 0 Å². The van der Waals surface area contributed by atoms with Crippen molar-refractivity contribution in [3.05, 3.63) is 29.3 Å². The molecule has 0 aromatic heterocycles. The van der Waals surface area contributed by atoms with E-state index < -0.39 is 9.84 Å². The lowest BCUT2D eigenvalue weighted by atomic mass is 10.2. The van der Waals surface area contributed by atoms with E-state index in [-0.39, 0.29) is 29.5 Å². The summed E-state index contributed by atoms with van der Waals surface area (Å²) in [5.41, 5.74) is 2.40. The molecule has 1 amide bonds. The Labute approximate surface area is 142 Å². The van der Waals surface area contributed by atoms with E-state index in [1.165, 1.54) is 11.1 Å². The van der Waals surface area contributed by atoms with E-state index in [9.17, 15) is 13.2 Å². The van der Waals surface area contributed by atoms with Gasteiger partial charge >= 0.3 is 0 Å². The number of thioether (sulfide) groups is 1. The zero-order chi connectivity index (χ0) is 16.6. The number of carbonyl (C=O) groups is 1. The second kappa shape index (κ2) is 6.48. The van der Waals surface area contributed by atoms with Crippen LogP contribution in [0.2, 0.25) is 0 Å². The summed E-state index contributed by atoms with van der Waals surface area (Å²) in [6, 6.07) is 6.39. The average molecular weight is 354 g/mol. The monoisotopic (exact) mass is 353 g/mol. The number of sulfone groups is 1. The summed E-state index contributed by atoms with van der Waals surface area (Å²) in [7, 11) is -2.96. The van der Waals surface area contributed by atoms with Gasteiger partial charge in [0.05, 0.1) is 17.3 Å². The van der Waals surface area contributed by atoms with Gasteiger partial charge in [0.25, 0.3) is 0 Å². The summed E-state index contributed by atoms with van der Waals surface area (Å²) in [4.78, 5) is 15.7. The van der Waals surface area contributed by atoms with Crippen molar-refractivity contribution in [2.24, 2.45) is 0 Å². The molecular weight excluding hydrogens is 330 g/mol. The van der Waals surface area contributed by atoms with Gasteiger partial charge < -0.3 is 4.90 Å². The summed E-state index contributed by atoms with van der Waals surface area (Å²) in [6.07, 6.45) is 2.62. The Bertz CT molecular complexity index is 711. The molecule has 0 unspecified atom stereocenters. The van der Waals surface area contributed by atoms with Crippen LogP contribution in [0.25, 0.3) is 0 Å². The SMILES string of the molecule is Cc1ccc(SCC(=O)N(C2CC2)[C@H]2CCS(=O)(=O)C2)c(C)c1. The summed E-state index contributed by atoms with van der Waals surface area (Å²) < 4.78 is 23.4. The summed E-state index contributed by atoms with van der Waals surface area (Å²) in [6.45, 7) is 4.12. The van der Waals surface area contributed by atoms with Crippen LogP contribution in [0.1, 0.15) is 30.4 Å². The Hall–Kier alpha value is -1.01. The van der Waals surface area contributed by atoms with Gasteiger partial charge in [-0.3, -0.25) is 4.79 Å². The summed E-state index contributed by atoms with van der Waals surface area (Å²) in [5, 5.41) is 0. The first-order valence-corrected chi connectivity index (χ1v) is 10.9. The Morgan fingerprint density at radius 1 is 1.22 bits per heavy atom. The van der Waals surface area contributed by atoms with Gasteiger partial charge in [-0.1, -0.05) is 17.7 Å². The number of carbonyl (C=O) groups excluding carboxylic acids is 1. The predicted molar refractivity (Wildman–Crippen MR) is 93.6 cm³/mol. The van der Waals surface area contributed by atoms with Crippen LogP contribution in [0.15, 0.2) is 23.1 Å². The van der Waals surface area contributed by atoms with E-state index in [4.69, 9.17) is 0 Å². The molecule has 1 aromatic rings. The fraction of sp³-hybridized carbons (Fsp3) is 0.588. The average Bonchev–Trinajstić information content (AvgIpc) is 3.22.